The van der Waals surface area contributed by atoms with Crippen LogP contribution < -0.4 is 42.5 Å². The summed E-state index contributed by atoms with van der Waals surface area (Å²) in [6.07, 6.45) is 21.3. The van der Waals surface area contributed by atoms with Crippen LogP contribution in [-0.2, 0) is 43.4 Å². The second-order valence-electron chi connectivity index (χ2n) is 16.2. The Balaban J connectivity index is 0.000000496. The fraction of sp³-hybridized carbons (Fsp3) is 0.889. The summed E-state index contributed by atoms with van der Waals surface area (Å²) in [6.45, 7) is 3.34. The van der Waals surface area contributed by atoms with Crippen molar-refractivity contribution in [3.8, 4) is 0 Å². The first kappa shape index (κ1) is 42.3. The van der Waals surface area contributed by atoms with E-state index in [9.17, 15) is 4.79 Å². The van der Waals surface area contributed by atoms with Crippen LogP contribution in [0.4, 0.5) is 0 Å². The van der Waals surface area contributed by atoms with Crippen LogP contribution >= 0.6 is 0 Å². The number of carbonyl (C=O) groups excluding carboxylic acids is 1. The Hall–Kier alpha value is -1.82. The van der Waals surface area contributed by atoms with E-state index in [1.165, 1.54) is 83.5 Å². The molecule has 0 spiro atoms. The van der Waals surface area contributed by atoms with Crippen LogP contribution in [0.25, 0.3) is 0 Å². The monoisotopic (exact) mass is 794 g/mol. The van der Waals surface area contributed by atoms with E-state index in [2.05, 4.69) is 42.5 Å². The van der Waals surface area contributed by atoms with Crippen molar-refractivity contribution in [3.63, 3.8) is 0 Å². The maximum atomic E-state index is 11.5. The Labute approximate surface area is 325 Å². The standard InChI is InChI=1S/C33H55N8O2.3CHO2.Zn/c42-16-43-24-15-7-14-23-25(24)33-40-31-22-13-6-5-12-21(22)29(38-31)36-27-18-9-2-1-8-17(18)26(34-27)35-28-19-10-3-4-11-20(19)30(37-28)39-32(23)41-33;3*2-1-3;/h17-41H,1-15H2;3*(H,2,3);/q4*-1;. The SMILES string of the molecule is O=[C-]O.O=[C-]O.O=[C-]O.O=[C-]OC1CCCC2C3NC4NC(NC5NC(NC6NC(NC(N3)C12)C1CCCCC61)C1CCCCC51)C1CCCCC41.[Zn]. The molecule has 0 amide bonds. The summed E-state index contributed by atoms with van der Waals surface area (Å²) >= 11 is 0. The zero-order valence-corrected chi connectivity index (χ0v) is 33.5. The third kappa shape index (κ3) is 9.26. The van der Waals surface area contributed by atoms with Gasteiger partial charge < -0.3 is 39.2 Å². The van der Waals surface area contributed by atoms with Crippen molar-refractivity contribution in [1.82, 2.24) is 42.5 Å². The molecule has 5 saturated heterocycles. The molecule has 17 heteroatoms. The van der Waals surface area contributed by atoms with E-state index < -0.39 is 0 Å². The molecule has 4 saturated carbocycles. The van der Waals surface area contributed by atoms with Crippen LogP contribution in [0.1, 0.15) is 96.3 Å². The predicted octanol–water partition coefficient (Wildman–Crippen LogP) is 0.500. The normalized spacial score (nSPS) is 46.1. The first-order chi connectivity index (χ1) is 25.5. The largest absolute Gasteiger partial charge is 0.665 e. The Morgan fingerprint density at radius 1 is 0.377 bits per heavy atom. The van der Waals surface area contributed by atoms with E-state index in [4.69, 9.17) is 34.4 Å². The predicted molar refractivity (Wildman–Crippen MR) is 188 cm³/mol. The summed E-state index contributed by atoms with van der Waals surface area (Å²) in [5.41, 5.74) is 0. The van der Waals surface area contributed by atoms with Gasteiger partial charge in [0.15, 0.2) is 0 Å². The van der Waals surface area contributed by atoms with Crippen molar-refractivity contribution in [3.05, 3.63) is 0 Å². The number of rotatable bonds is 2. The second kappa shape index (κ2) is 20.4. The van der Waals surface area contributed by atoms with Gasteiger partial charge in [-0.15, -0.1) is 0 Å². The summed E-state index contributed by atoms with van der Waals surface area (Å²) in [5.74, 6) is 4.63. The molecule has 11 N–H and O–H groups in total. The summed E-state index contributed by atoms with van der Waals surface area (Å²) in [4.78, 5) is 36.2. The quantitative estimate of drug-likeness (QED) is 0.135. The van der Waals surface area contributed by atoms with Crippen LogP contribution in [-0.4, -0.2) is 96.6 Å². The first-order valence-electron chi connectivity index (χ1n) is 19.6. The molecule has 16 nitrogen and oxygen atoms in total. The van der Waals surface area contributed by atoms with E-state index in [0.717, 1.165) is 12.8 Å². The number of fused-ring (bicyclic) bond motifs is 20. The maximum absolute atomic E-state index is 11.5. The average Bonchev–Trinajstić information content (AvgIpc) is 3.89. The molecule has 17 atom stereocenters. The summed E-state index contributed by atoms with van der Waals surface area (Å²) in [5, 5.41) is 53.5. The van der Waals surface area contributed by atoms with E-state index in [1.54, 1.807) is 0 Å². The van der Waals surface area contributed by atoms with Gasteiger partial charge >= 0.3 is 0 Å². The van der Waals surface area contributed by atoms with Gasteiger partial charge in [-0.3, -0.25) is 42.5 Å². The smallest absolute Gasteiger partial charge is 0.0663 e. The minimum Gasteiger partial charge on any atom is -0.665 e. The zero-order chi connectivity index (χ0) is 36.6. The average molecular weight is 796 g/mol. The fourth-order valence-corrected chi connectivity index (χ4v) is 12.2. The van der Waals surface area contributed by atoms with Crippen LogP contribution in [0.15, 0.2) is 0 Å². The molecule has 53 heavy (non-hydrogen) atoms. The molecule has 8 bridgehead atoms. The molecule has 0 aromatic rings. The van der Waals surface area contributed by atoms with E-state index in [-0.39, 0.29) is 50.0 Å². The number of ether oxygens (including phenoxy) is 1. The van der Waals surface area contributed by atoms with Gasteiger partial charge in [0.25, 0.3) is 0 Å². The molecule has 4 aliphatic carbocycles. The Morgan fingerprint density at radius 2 is 0.623 bits per heavy atom. The van der Waals surface area contributed by atoms with Crippen molar-refractivity contribution in [2.24, 2.45) is 47.3 Å². The van der Waals surface area contributed by atoms with Crippen molar-refractivity contribution in [1.29, 1.82) is 0 Å². The molecule has 0 aromatic heterocycles. The number of hydrogen-bond acceptors (Lipinski definition) is 13. The minimum absolute atomic E-state index is 0. The zero-order valence-electron chi connectivity index (χ0n) is 30.5. The van der Waals surface area contributed by atoms with Crippen LogP contribution in [0.2, 0.25) is 0 Å². The van der Waals surface area contributed by atoms with E-state index in [1.807, 2.05) is 6.47 Å². The summed E-state index contributed by atoms with van der Waals surface area (Å²) < 4.78 is 5.71. The van der Waals surface area contributed by atoms with E-state index >= 15 is 0 Å². The van der Waals surface area contributed by atoms with Crippen molar-refractivity contribution >= 4 is 25.9 Å². The van der Waals surface area contributed by atoms with Gasteiger partial charge in [0, 0.05) is 25.4 Å². The molecule has 9 rings (SSSR count). The van der Waals surface area contributed by atoms with Gasteiger partial charge in [0.05, 0.1) is 55.4 Å². The van der Waals surface area contributed by atoms with Crippen molar-refractivity contribution in [2.45, 2.75) is 152 Å². The molecule has 17 unspecified atom stereocenters. The molecule has 9 fully saturated rings. The first-order valence-corrected chi connectivity index (χ1v) is 19.6. The van der Waals surface area contributed by atoms with E-state index in [0.29, 0.717) is 91.7 Å². The number of hydrogen-bond donors (Lipinski definition) is 11. The Bertz CT molecular complexity index is 1170. The third-order valence-electron chi connectivity index (χ3n) is 14.0. The second-order valence-corrected chi connectivity index (χ2v) is 16.2. The Morgan fingerprint density at radius 3 is 0.906 bits per heavy atom. The minimum atomic E-state index is -0.0795. The number of aliphatic hydroxyl groups excluding tert-OH is 3. The number of nitrogens with one attached hydrogen (secondary N) is 8. The van der Waals surface area contributed by atoms with Crippen LogP contribution in [0, 0.1) is 47.3 Å². The molecule has 5 heterocycles. The van der Waals surface area contributed by atoms with Gasteiger partial charge in [-0.2, -0.15) is 0 Å². The summed E-state index contributed by atoms with van der Waals surface area (Å²) in [7, 11) is 0. The van der Waals surface area contributed by atoms with Gasteiger partial charge in [-0.25, -0.2) is 0 Å². The molecule has 9 aliphatic rings. The fourth-order valence-electron chi connectivity index (χ4n) is 12.2. The molecule has 5 aliphatic heterocycles. The molecule has 0 radical (unpaired) electrons. The molecule has 296 valence electrons. The van der Waals surface area contributed by atoms with Gasteiger partial charge in [-0.1, -0.05) is 64.4 Å². The van der Waals surface area contributed by atoms with Crippen molar-refractivity contribution in [2.75, 3.05) is 0 Å². The summed E-state index contributed by atoms with van der Waals surface area (Å²) in [6, 6.07) is 0. The topological polar surface area (TPSA) is 234 Å². The van der Waals surface area contributed by atoms with Crippen molar-refractivity contribution < 1.29 is 58.7 Å². The maximum Gasteiger partial charge on any atom is 0.0663 e. The molecule has 0 aromatic carbocycles. The van der Waals surface area contributed by atoms with Crippen LogP contribution in [0.3, 0.4) is 0 Å². The van der Waals surface area contributed by atoms with Gasteiger partial charge in [0.2, 0.25) is 0 Å². The Kier molecular flexibility index (Phi) is 16.3. The molecular formula is C36H58N8O8Zn-4. The van der Waals surface area contributed by atoms with Crippen LogP contribution in [0.5, 0.6) is 0 Å². The third-order valence-corrected chi connectivity index (χ3v) is 14.0. The van der Waals surface area contributed by atoms with Gasteiger partial charge in [0.1, 0.15) is 0 Å². The van der Waals surface area contributed by atoms with Gasteiger partial charge in [-0.05, 0) is 99.2 Å². The molecular weight excluding hydrogens is 738 g/mol.